The molecule has 3 heterocycles. The maximum atomic E-state index is 12.7. The molecule has 0 aliphatic carbocycles. The van der Waals surface area contributed by atoms with Gasteiger partial charge in [-0.3, -0.25) is 14.0 Å². The number of aromatic nitrogens is 3. The lowest BCUT2D eigenvalue weighted by molar-refractivity contribution is -0.138. The number of amides is 2. The molecule has 1 N–H and O–H groups in total. The predicted molar refractivity (Wildman–Crippen MR) is 111 cm³/mol. The molecule has 8 heteroatoms. The molecular weight excluding hydrogens is 382 g/mol. The van der Waals surface area contributed by atoms with E-state index < -0.39 is 0 Å². The molecule has 30 heavy (non-hydrogen) atoms. The Bertz CT molecular complexity index is 998. The van der Waals surface area contributed by atoms with Crippen LogP contribution in [0, 0.1) is 5.92 Å². The monoisotopic (exact) mass is 407 g/mol. The fourth-order valence-electron chi connectivity index (χ4n) is 3.69. The Balaban J connectivity index is 1.30. The molecular formula is C22H25N5O3. The molecule has 2 amide bonds. The first-order valence-corrected chi connectivity index (χ1v) is 10.1. The van der Waals surface area contributed by atoms with E-state index >= 15 is 0 Å². The number of hydrogen-bond acceptors (Lipinski definition) is 5. The summed E-state index contributed by atoms with van der Waals surface area (Å²) in [5, 5.41) is 2.96. The van der Waals surface area contributed by atoms with Crippen LogP contribution in [0.25, 0.3) is 5.78 Å². The zero-order valence-electron chi connectivity index (χ0n) is 17.0. The topological polar surface area (TPSA) is 88.8 Å². The molecule has 0 bridgehead atoms. The SMILES string of the molecule is COc1ccc(CCN2CC(C(=O)NCc3cn4cccnc4n3)CCC2=O)cc1. The van der Waals surface area contributed by atoms with Gasteiger partial charge >= 0.3 is 0 Å². The number of benzene rings is 1. The minimum Gasteiger partial charge on any atom is -0.497 e. The van der Waals surface area contributed by atoms with E-state index in [2.05, 4.69) is 15.3 Å². The fraction of sp³-hybridized carbons (Fsp3) is 0.364. The van der Waals surface area contributed by atoms with Crippen molar-refractivity contribution in [2.24, 2.45) is 5.92 Å². The first-order chi connectivity index (χ1) is 14.6. The van der Waals surface area contributed by atoms with Crippen molar-refractivity contribution in [1.29, 1.82) is 0 Å². The third-order valence-electron chi connectivity index (χ3n) is 5.43. The first-order valence-electron chi connectivity index (χ1n) is 10.1. The highest BCUT2D eigenvalue weighted by Gasteiger charge is 2.29. The number of methoxy groups -OCH3 is 1. The predicted octanol–water partition coefficient (Wildman–Crippen LogP) is 1.84. The fourth-order valence-corrected chi connectivity index (χ4v) is 3.69. The summed E-state index contributed by atoms with van der Waals surface area (Å²) in [5.74, 6) is 1.29. The van der Waals surface area contributed by atoms with Gasteiger partial charge in [-0.05, 0) is 36.6 Å². The van der Waals surface area contributed by atoms with Crippen molar-refractivity contribution in [3.63, 3.8) is 0 Å². The van der Waals surface area contributed by atoms with E-state index in [4.69, 9.17) is 4.74 Å². The van der Waals surface area contributed by atoms with Crippen LogP contribution in [0.4, 0.5) is 0 Å². The van der Waals surface area contributed by atoms with Crippen LogP contribution in [0.3, 0.4) is 0 Å². The van der Waals surface area contributed by atoms with Crippen molar-refractivity contribution < 1.29 is 14.3 Å². The number of carbonyl (C=O) groups excluding carboxylic acids is 2. The summed E-state index contributed by atoms with van der Waals surface area (Å²) in [6.45, 7) is 1.40. The summed E-state index contributed by atoms with van der Waals surface area (Å²) in [6, 6.07) is 9.66. The van der Waals surface area contributed by atoms with Crippen LogP contribution >= 0.6 is 0 Å². The minimum atomic E-state index is -0.200. The van der Waals surface area contributed by atoms with Crippen molar-refractivity contribution in [2.45, 2.75) is 25.8 Å². The van der Waals surface area contributed by atoms with E-state index in [9.17, 15) is 9.59 Å². The van der Waals surface area contributed by atoms with Crippen molar-refractivity contribution in [3.05, 3.63) is 60.2 Å². The Morgan fingerprint density at radius 3 is 2.90 bits per heavy atom. The number of nitrogens with zero attached hydrogens (tertiary/aromatic N) is 4. The second kappa shape index (κ2) is 8.94. The number of carbonyl (C=O) groups is 2. The van der Waals surface area contributed by atoms with Crippen LogP contribution in [-0.4, -0.2) is 51.3 Å². The Labute approximate surface area is 174 Å². The Kier molecular flexibility index (Phi) is 5.92. The van der Waals surface area contributed by atoms with Gasteiger partial charge in [0, 0.05) is 38.1 Å². The zero-order chi connectivity index (χ0) is 20.9. The number of rotatable bonds is 7. The highest BCUT2D eigenvalue weighted by atomic mass is 16.5. The van der Waals surface area contributed by atoms with Gasteiger partial charge in [0.25, 0.3) is 0 Å². The van der Waals surface area contributed by atoms with E-state index in [0.29, 0.717) is 38.3 Å². The zero-order valence-corrected chi connectivity index (χ0v) is 17.0. The van der Waals surface area contributed by atoms with Gasteiger partial charge in [0.1, 0.15) is 5.75 Å². The molecule has 1 atom stereocenters. The van der Waals surface area contributed by atoms with Crippen LogP contribution in [-0.2, 0) is 22.6 Å². The third kappa shape index (κ3) is 4.59. The molecule has 1 aliphatic heterocycles. The quantitative estimate of drug-likeness (QED) is 0.646. The molecule has 1 saturated heterocycles. The van der Waals surface area contributed by atoms with Crippen molar-refractivity contribution >= 4 is 17.6 Å². The number of fused-ring (bicyclic) bond motifs is 1. The average Bonchev–Trinajstić information content (AvgIpc) is 3.20. The van der Waals surface area contributed by atoms with Crippen LogP contribution in [0.5, 0.6) is 5.75 Å². The minimum absolute atomic E-state index is 0.0398. The molecule has 0 saturated carbocycles. The van der Waals surface area contributed by atoms with Crippen LogP contribution < -0.4 is 10.1 Å². The molecule has 1 unspecified atom stereocenters. The summed E-state index contributed by atoms with van der Waals surface area (Å²) in [6.07, 6.45) is 7.14. The number of hydrogen-bond donors (Lipinski definition) is 1. The summed E-state index contributed by atoms with van der Waals surface area (Å²) < 4.78 is 7.00. The van der Waals surface area contributed by atoms with Gasteiger partial charge in [-0.1, -0.05) is 12.1 Å². The summed E-state index contributed by atoms with van der Waals surface area (Å²) in [7, 11) is 1.64. The Morgan fingerprint density at radius 2 is 2.13 bits per heavy atom. The van der Waals surface area contributed by atoms with E-state index in [0.717, 1.165) is 23.4 Å². The highest BCUT2D eigenvalue weighted by molar-refractivity contribution is 5.83. The highest BCUT2D eigenvalue weighted by Crippen LogP contribution is 2.19. The van der Waals surface area contributed by atoms with E-state index in [1.54, 1.807) is 18.2 Å². The molecule has 4 rings (SSSR count). The number of nitrogens with one attached hydrogen (secondary N) is 1. The lowest BCUT2D eigenvalue weighted by Crippen LogP contribution is -2.46. The van der Waals surface area contributed by atoms with Crippen LogP contribution in [0.2, 0.25) is 0 Å². The van der Waals surface area contributed by atoms with Gasteiger partial charge in [0.2, 0.25) is 17.6 Å². The van der Waals surface area contributed by atoms with Crippen molar-refractivity contribution in [2.75, 3.05) is 20.2 Å². The molecule has 0 radical (unpaired) electrons. The van der Waals surface area contributed by atoms with Crippen molar-refractivity contribution in [1.82, 2.24) is 24.6 Å². The maximum absolute atomic E-state index is 12.7. The van der Waals surface area contributed by atoms with E-state index in [1.807, 2.05) is 47.1 Å². The average molecular weight is 407 g/mol. The second-order valence-corrected chi connectivity index (χ2v) is 7.45. The lowest BCUT2D eigenvalue weighted by atomic mass is 9.96. The molecule has 0 spiro atoms. The summed E-state index contributed by atoms with van der Waals surface area (Å²) in [4.78, 5) is 35.4. The van der Waals surface area contributed by atoms with Crippen LogP contribution in [0.15, 0.2) is 48.9 Å². The van der Waals surface area contributed by atoms with E-state index in [1.165, 1.54) is 0 Å². The number of piperidine rings is 1. The molecule has 8 nitrogen and oxygen atoms in total. The third-order valence-corrected chi connectivity index (χ3v) is 5.43. The smallest absolute Gasteiger partial charge is 0.233 e. The van der Waals surface area contributed by atoms with Gasteiger partial charge in [0.15, 0.2) is 0 Å². The van der Waals surface area contributed by atoms with Gasteiger partial charge in [-0.2, -0.15) is 0 Å². The van der Waals surface area contributed by atoms with Crippen molar-refractivity contribution in [3.8, 4) is 5.75 Å². The normalized spacial score (nSPS) is 16.6. The standard InChI is InChI=1S/C22H25N5O3/c1-30-19-6-3-16(4-7-19)9-12-26-14-17(5-8-20(26)28)21(29)24-13-18-15-27-11-2-10-23-22(27)25-18/h2-4,6-7,10-11,15,17H,5,8-9,12-14H2,1H3,(H,24,29). The number of ether oxygens (including phenoxy) is 1. The number of imidazole rings is 1. The van der Waals surface area contributed by atoms with Crippen LogP contribution in [0.1, 0.15) is 24.1 Å². The van der Waals surface area contributed by atoms with Gasteiger partial charge < -0.3 is 15.0 Å². The Morgan fingerprint density at radius 1 is 1.30 bits per heavy atom. The first kappa shape index (κ1) is 19.9. The molecule has 1 fully saturated rings. The largest absolute Gasteiger partial charge is 0.497 e. The number of likely N-dealkylation sites (tertiary alicyclic amines) is 1. The van der Waals surface area contributed by atoms with Gasteiger partial charge in [0.05, 0.1) is 25.3 Å². The molecule has 156 valence electrons. The summed E-state index contributed by atoms with van der Waals surface area (Å²) >= 11 is 0. The second-order valence-electron chi connectivity index (χ2n) is 7.45. The summed E-state index contributed by atoms with van der Waals surface area (Å²) in [5.41, 5.74) is 1.89. The molecule has 1 aromatic carbocycles. The Hall–Kier alpha value is -3.42. The van der Waals surface area contributed by atoms with Gasteiger partial charge in [-0.25, -0.2) is 9.97 Å². The van der Waals surface area contributed by atoms with E-state index in [-0.39, 0.29) is 17.7 Å². The maximum Gasteiger partial charge on any atom is 0.233 e. The molecule has 2 aromatic heterocycles. The molecule has 1 aliphatic rings. The van der Waals surface area contributed by atoms with Gasteiger partial charge in [-0.15, -0.1) is 0 Å². The lowest BCUT2D eigenvalue weighted by Gasteiger charge is -2.32. The molecule has 3 aromatic rings.